The summed E-state index contributed by atoms with van der Waals surface area (Å²) < 4.78 is 0. The molecule has 1 aromatic rings. The number of thiophene rings is 1. The lowest BCUT2D eigenvalue weighted by atomic mass is 10.1. The van der Waals surface area contributed by atoms with Crippen LogP contribution < -0.4 is 5.32 Å². The minimum Gasteiger partial charge on any atom is -0.336 e. The Morgan fingerprint density at radius 3 is 3.15 bits per heavy atom. The third-order valence-electron chi connectivity index (χ3n) is 3.99. The van der Waals surface area contributed by atoms with Gasteiger partial charge in [0.2, 0.25) is 0 Å². The minimum absolute atomic E-state index is 0.0718. The minimum atomic E-state index is 0.0718. The summed E-state index contributed by atoms with van der Waals surface area (Å²) in [6.07, 6.45) is 1.51. The lowest BCUT2D eigenvalue weighted by molar-refractivity contribution is 0.0962. The highest BCUT2D eigenvalue weighted by Crippen LogP contribution is 2.16. The molecule has 1 aromatic heterocycles. The second-order valence-electron chi connectivity index (χ2n) is 5.34. The molecule has 0 radical (unpaired) electrons. The quantitative estimate of drug-likeness (QED) is 0.835. The molecule has 1 N–H and O–H groups in total. The predicted molar refractivity (Wildman–Crippen MR) is 78.2 cm³/mol. The Balaban J connectivity index is 1.41. The third-order valence-corrected chi connectivity index (χ3v) is 4.90. The molecule has 2 saturated heterocycles. The van der Waals surface area contributed by atoms with Crippen LogP contribution in [0.15, 0.2) is 17.5 Å². The average Bonchev–Trinajstić information content (AvgIpc) is 3.09. The predicted octanol–water partition coefficient (Wildman–Crippen LogP) is 1.42. The van der Waals surface area contributed by atoms with Crippen molar-refractivity contribution in [3.05, 3.63) is 22.4 Å². The summed E-state index contributed by atoms with van der Waals surface area (Å²) in [4.78, 5) is 28.6. The molecule has 0 aliphatic carbocycles. The van der Waals surface area contributed by atoms with E-state index in [9.17, 15) is 9.59 Å². The Hall–Kier alpha value is -1.40. The number of rotatable bonds is 5. The number of carbonyl (C=O) groups is 2. The monoisotopic (exact) mass is 293 g/mol. The van der Waals surface area contributed by atoms with E-state index in [1.54, 1.807) is 0 Å². The van der Waals surface area contributed by atoms with E-state index in [0.29, 0.717) is 12.5 Å². The van der Waals surface area contributed by atoms with Crippen LogP contribution in [-0.2, 0) is 0 Å². The van der Waals surface area contributed by atoms with Crippen LogP contribution in [-0.4, -0.2) is 60.4 Å². The molecule has 2 aliphatic rings. The Bertz CT molecular complexity index is 489. The molecule has 3 heterocycles. The van der Waals surface area contributed by atoms with Gasteiger partial charge in [0, 0.05) is 32.6 Å². The second kappa shape index (κ2) is 5.93. The van der Waals surface area contributed by atoms with Gasteiger partial charge in [-0.3, -0.25) is 9.69 Å². The third kappa shape index (κ3) is 2.86. The van der Waals surface area contributed by atoms with Gasteiger partial charge in [-0.2, -0.15) is 0 Å². The van der Waals surface area contributed by atoms with Gasteiger partial charge in [-0.25, -0.2) is 4.79 Å². The lowest BCUT2D eigenvalue weighted by Crippen LogP contribution is -2.52. The van der Waals surface area contributed by atoms with Crippen LogP contribution >= 0.6 is 11.3 Å². The van der Waals surface area contributed by atoms with Crippen molar-refractivity contribution in [2.45, 2.75) is 18.9 Å². The highest BCUT2D eigenvalue weighted by Gasteiger charge is 2.34. The van der Waals surface area contributed by atoms with Crippen molar-refractivity contribution in [1.29, 1.82) is 0 Å². The van der Waals surface area contributed by atoms with Gasteiger partial charge in [0.1, 0.15) is 0 Å². The van der Waals surface area contributed by atoms with Crippen LogP contribution in [0, 0.1) is 0 Å². The summed E-state index contributed by atoms with van der Waals surface area (Å²) >= 11 is 1.51. The highest BCUT2D eigenvalue weighted by atomic mass is 32.1. The molecule has 1 unspecified atom stereocenters. The number of nitrogens with one attached hydrogen (secondary N) is 1. The molecule has 2 amide bonds. The molecular weight excluding hydrogens is 274 g/mol. The summed E-state index contributed by atoms with van der Waals surface area (Å²) in [7, 11) is 0. The van der Waals surface area contributed by atoms with Crippen molar-refractivity contribution in [2.75, 3.05) is 32.7 Å². The van der Waals surface area contributed by atoms with Crippen LogP contribution in [0.25, 0.3) is 0 Å². The van der Waals surface area contributed by atoms with E-state index in [4.69, 9.17) is 0 Å². The number of amides is 2. The van der Waals surface area contributed by atoms with Gasteiger partial charge in [0.05, 0.1) is 10.9 Å². The molecule has 1 atom stereocenters. The zero-order valence-electron chi connectivity index (χ0n) is 11.4. The lowest BCUT2D eigenvalue weighted by Gasteiger charge is -2.36. The first-order valence-electron chi connectivity index (χ1n) is 7.07. The number of hydrogen-bond acceptors (Lipinski definition) is 4. The van der Waals surface area contributed by atoms with Crippen molar-refractivity contribution < 1.29 is 9.59 Å². The van der Waals surface area contributed by atoms with Crippen LogP contribution in [0.1, 0.15) is 22.5 Å². The van der Waals surface area contributed by atoms with Crippen LogP contribution in [0.2, 0.25) is 0 Å². The number of nitrogens with zero attached hydrogens (tertiary/aromatic N) is 2. The van der Waals surface area contributed by atoms with E-state index in [1.165, 1.54) is 11.3 Å². The summed E-state index contributed by atoms with van der Waals surface area (Å²) in [5, 5.41) is 4.82. The number of urea groups is 1. The van der Waals surface area contributed by atoms with Crippen molar-refractivity contribution in [1.82, 2.24) is 15.1 Å². The van der Waals surface area contributed by atoms with E-state index in [-0.39, 0.29) is 11.8 Å². The van der Waals surface area contributed by atoms with Crippen molar-refractivity contribution in [3.8, 4) is 0 Å². The molecule has 0 spiro atoms. The largest absolute Gasteiger partial charge is 0.336 e. The standard InChI is InChI=1S/C14H19N3O2S/c18-12(13-4-2-8-20-13)3-1-5-16-6-7-17-11(10-16)9-15-14(17)19/h2,4,8,11H,1,3,5-7,9-10H2,(H,15,19). The van der Waals surface area contributed by atoms with E-state index in [0.717, 1.165) is 44.0 Å². The van der Waals surface area contributed by atoms with Crippen LogP contribution in [0.4, 0.5) is 4.79 Å². The molecule has 0 saturated carbocycles. The number of fused-ring (bicyclic) bond motifs is 1. The maximum Gasteiger partial charge on any atom is 0.317 e. The molecule has 20 heavy (non-hydrogen) atoms. The van der Waals surface area contributed by atoms with Gasteiger partial charge in [-0.05, 0) is 24.4 Å². The van der Waals surface area contributed by atoms with Crippen molar-refractivity contribution in [2.24, 2.45) is 0 Å². The average molecular weight is 293 g/mol. The molecular formula is C14H19N3O2S. The van der Waals surface area contributed by atoms with Crippen LogP contribution in [0.5, 0.6) is 0 Å². The van der Waals surface area contributed by atoms with E-state index in [1.807, 2.05) is 22.4 Å². The topological polar surface area (TPSA) is 52.7 Å². The van der Waals surface area contributed by atoms with Crippen molar-refractivity contribution >= 4 is 23.2 Å². The van der Waals surface area contributed by atoms with Gasteiger partial charge < -0.3 is 10.2 Å². The van der Waals surface area contributed by atoms with Gasteiger partial charge in [0.25, 0.3) is 0 Å². The Labute approximate surface area is 122 Å². The summed E-state index contributed by atoms with van der Waals surface area (Å²) in [5.41, 5.74) is 0. The van der Waals surface area contributed by atoms with Gasteiger partial charge in [0.15, 0.2) is 5.78 Å². The maximum absolute atomic E-state index is 11.9. The molecule has 2 aliphatic heterocycles. The zero-order chi connectivity index (χ0) is 13.9. The molecule has 0 bridgehead atoms. The van der Waals surface area contributed by atoms with Crippen LogP contribution in [0.3, 0.4) is 0 Å². The first-order valence-corrected chi connectivity index (χ1v) is 7.95. The molecule has 6 heteroatoms. The second-order valence-corrected chi connectivity index (χ2v) is 6.29. The molecule has 5 nitrogen and oxygen atoms in total. The maximum atomic E-state index is 11.9. The first kappa shape index (κ1) is 13.6. The fourth-order valence-corrected chi connectivity index (χ4v) is 3.59. The Kier molecular flexibility index (Phi) is 4.03. The number of Topliss-reactive ketones (excluding diaryl/α,β-unsaturated/α-hetero) is 1. The fourth-order valence-electron chi connectivity index (χ4n) is 2.90. The zero-order valence-corrected chi connectivity index (χ0v) is 12.2. The van der Waals surface area contributed by atoms with E-state index >= 15 is 0 Å². The van der Waals surface area contributed by atoms with E-state index < -0.39 is 0 Å². The Morgan fingerprint density at radius 1 is 1.45 bits per heavy atom. The van der Waals surface area contributed by atoms with Gasteiger partial charge in [-0.1, -0.05) is 6.07 Å². The number of ketones is 1. The van der Waals surface area contributed by atoms with Gasteiger partial charge in [-0.15, -0.1) is 11.3 Å². The smallest absolute Gasteiger partial charge is 0.317 e. The number of hydrogen-bond donors (Lipinski definition) is 1. The van der Waals surface area contributed by atoms with Crippen molar-refractivity contribution in [3.63, 3.8) is 0 Å². The first-order chi connectivity index (χ1) is 9.74. The normalized spacial score (nSPS) is 22.7. The number of carbonyl (C=O) groups excluding carboxylic acids is 2. The summed E-state index contributed by atoms with van der Waals surface area (Å²) in [6, 6.07) is 4.19. The van der Waals surface area contributed by atoms with Gasteiger partial charge >= 0.3 is 6.03 Å². The Morgan fingerprint density at radius 2 is 2.35 bits per heavy atom. The molecule has 108 valence electrons. The molecule has 3 rings (SSSR count). The van der Waals surface area contributed by atoms with E-state index in [2.05, 4.69) is 10.2 Å². The highest BCUT2D eigenvalue weighted by molar-refractivity contribution is 7.12. The SMILES string of the molecule is O=C(CCCN1CCN2C(=O)NCC2C1)c1cccs1. The molecule has 2 fully saturated rings. The number of piperazine rings is 1. The summed E-state index contributed by atoms with van der Waals surface area (Å²) in [6.45, 7) is 4.33. The summed E-state index contributed by atoms with van der Waals surface area (Å²) in [5.74, 6) is 0.247. The molecule has 0 aromatic carbocycles. The fraction of sp³-hybridized carbons (Fsp3) is 0.571.